The van der Waals surface area contributed by atoms with E-state index in [4.69, 9.17) is 0 Å². The molecule has 6 nitrogen and oxygen atoms in total. The topological polar surface area (TPSA) is 86.7 Å². The van der Waals surface area contributed by atoms with Gasteiger partial charge < -0.3 is 5.11 Å². The molecule has 1 aliphatic carbocycles. The molecule has 1 heterocycles. The molecule has 1 amide bonds. The lowest BCUT2D eigenvalue weighted by Gasteiger charge is -2.17. The summed E-state index contributed by atoms with van der Waals surface area (Å²) in [4.78, 5) is 11.2. The van der Waals surface area contributed by atoms with E-state index in [1.165, 1.54) is 0 Å². The van der Waals surface area contributed by atoms with Gasteiger partial charge in [0.1, 0.15) is 12.3 Å². The first-order valence-electron chi connectivity index (χ1n) is 6.05. The molecule has 2 aliphatic rings. The number of carbonyl (C=O) groups excluding carboxylic acids is 1. The van der Waals surface area contributed by atoms with Crippen LogP contribution >= 0.6 is 0 Å². The zero-order valence-corrected chi connectivity index (χ0v) is 11.2. The third-order valence-corrected chi connectivity index (χ3v) is 4.91. The number of benzene rings is 1. The van der Waals surface area contributed by atoms with Crippen molar-refractivity contribution in [1.29, 1.82) is 0 Å². The van der Waals surface area contributed by atoms with Crippen LogP contribution in [0.3, 0.4) is 0 Å². The molecule has 0 bridgehead atoms. The van der Waals surface area contributed by atoms with Gasteiger partial charge in [-0.05, 0) is 42.0 Å². The molecule has 3 rings (SSSR count). The van der Waals surface area contributed by atoms with Gasteiger partial charge >= 0.3 is 10.2 Å². The number of nitrogens with one attached hydrogen (secondary N) is 1. The van der Waals surface area contributed by atoms with Gasteiger partial charge in [0.25, 0.3) is 5.91 Å². The number of phenolic OH excluding ortho intramolecular Hbond substituents is 1. The molecule has 19 heavy (non-hydrogen) atoms. The number of hydrogen-bond donors (Lipinski definition) is 2. The van der Waals surface area contributed by atoms with Crippen molar-refractivity contribution in [2.75, 3.05) is 10.8 Å². The van der Waals surface area contributed by atoms with E-state index in [-0.39, 0.29) is 18.0 Å². The van der Waals surface area contributed by atoms with E-state index < -0.39 is 16.1 Å². The van der Waals surface area contributed by atoms with Gasteiger partial charge in [0.2, 0.25) is 0 Å². The van der Waals surface area contributed by atoms with Gasteiger partial charge in [-0.3, -0.25) is 4.79 Å². The summed E-state index contributed by atoms with van der Waals surface area (Å²) >= 11 is 0. The van der Waals surface area contributed by atoms with E-state index in [1.807, 2.05) is 4.72 Å². The summed E-state index contributed by atoms with van der Waals surface area (Å²) in [6.07, 6.45) is 1.74. The van der Waals surface area contributed by atoms with Crippen molar-refractivity contribution in [1.82, 2.24) is 4.72 Å². The molecule has 0 saturated carbocycles. The highest BCUT2D eigenvalue weighted by molar-refractivity contribution is 7.92. The van der Waals surface area contributed by atoms with Crippen molar-refractivity contribution in [3.63, 3.8) is 0 Å². The molecule has 1 aromatic rings. The van der Waals surface area contributed by atoms with E-state index in [2.05, 4.69) is 6.92 Å². The number of anilines is 1. The number of phenols is 1. The summed E-state index contributed by atoms with van der Waals surface area (Å²) in [7, 11) is -3.87. The minimum atomic E-state index is -3.87. The van der Waals surface area contributed by atoms with Crippen LogP contribution in [0.25, 0.3) is 0 Å². The molecule has 1 saturated heterocycles. The predicted molar refractivity (Wildman–Crippen MR) is 69.1 cm³/mol. The minimum absolute atomic E-state index is 0.104. The fourth-order valence-corrected chi connectivity index (χ4v) is 3.88. The number of nitrogens with zero attached hydrogens (tertiary/aromatic N) is 1. The molecule has 0 aromatic heterocycles. The zero-order chi connectivity index (χ0) is 13.8. The van der Waals surface area contributed by atoms with Crippen molar-refractivity contribution in [2.45, 2.75) is 19.8 Å². The minimum Gasteiger partial charge on any atom is -0.506 e. The molecular formula is C12H14N2O4S. The van der Waals surface area contributed by atoms with Crippen molar-refractivity contribution in [2.24, 2.45) is 5.92 Å². The second kappa shape index (κ2) is 3.86. The lowest BCUT2D eigenvalue weighted by Crippen LogP contribution is -2.29. The average molecular weight is 282 g/mol. The van der Waals surface area contributed by atoms with Crippen LogP contribution in [0.4, 0.5) is 5.69 Å². The normalized spacial score (nSPS) is 24.4. The molecule has 1 unspecified atom stereocenters. The van der Waals surface area contributed by atoms with Crippen LogP contribution in [0, 0.1) is 5.92 Å². The second-order valence-electron chi connectivity index (χ2n) is 5.16. The van der Waals surface area contributed by atoms with Gasteiger partial charge in [0, 0.05) is 0 Å². The highest BCUT2D eigenvalue weighted by Crippen LogP contribution is 2.37. The van der Waals surface area contributed by atoms with Crippen molar-refractivity contribution in [3.05, 3.63) is 23.3 Å². The Morgan fingerprint density at radius 3 is 2.53 bits per heavy atom. The van der Waals surface area contributed by atoms with Crippen LogP contribution in [0.15, 0.2) is 12.1 Å². The molecule has 7 heteroatoms. The summed E-state index contributed by atoms with van der Waals surface area (Å²) in [5, 5.41) is 9.99. The summed E-state index contributed by atoms with van der Waals surface area (Å²) in [5.74, 6) is -0.208. The van der Waals surface area contributed by atoms with Crippen molar-refractivity contribution in [3.8, 4) is 5.75 Å². The van der Waals surface area contributed by atoms with Crippen LogP contribution in [0.1, 0.15) is 18.1 Å². The third-order valence-electron chi connectivity index (χ3n) is 3.52. The number of rotatable bonds is 1. The predicted octanol–water partition coefficient (Wildman–Crippen LogP) is 0.308. The van der Waals surface area contributed by atoms with Crippen LogP contribution in [0.5, 0.6) is 5.75 Å². The Morgan fingerprint density at radius 1 is 1.32 bits per heavy atom. The SMILES string of the molecule is CC1Cc2cc(O)c(N3CC(=O)NS3(=O)=O)cc2C1. The van der Waals surface area contributed by atoms with Gasteiger partial charge in [-0.1, -0.05) is 6.92 Å². The number of hydrogen-bond acceptors (Lipinski definition) is 4. The highest BCUT2D eigenvalue weighted by atomic mass is 32.2. The molecule has 2 N–H and O–H groups in total. The smallest absolute Gasteiger partial charge is 0.326 e. The maximum absolute atomic E-state index is 11.8. The number of carbonyl (C=O) groups is 1. The number of fused-ring (bicyclic) bond motifs is 1. The van der Waals surface area contributed by atoms with E-state index in [0.29, 0.717) is 5.92 Å². The number of amides is 1. The second-order valence-corrected chi connectivity index (χ2v) is 6.76. The molecule has 1 fully saturated rings. The molecule has 0 radical (unpaired) electrons. The van der Waals surface area contributed by atoms with Crippen LogP contribution in [-0.2, 0) is 27.8 Å². The molecule has 102 valence electrons. The molecular weight excluding hydrogens is 268 g/mol. The Labute approximate surface area is 111 Å². The van der Waals surface area contributed by atoms with E-state index in [0.717, 1.165) is 28.3 Å². The van der Waals surface area contributed by atoms with Gasteiger partial charge in [-0.25, -0.2) is 9.03 Å². The largest absolute Gasteiger partial charge is 0.506 e. The average Bonchev–Trinajstić information content (AvgIpc) is 2.75. The summed E-state index contributed by atoms with van der Waals surface area (Å²) in [6.45, 7) is 1.82. The lowest BCUT2D eigenvalue weighted by molar-refractivity contribution is -0.117. The van der Waals surface area contributed by atoms with Gasteiger partial charge in [0.15, 0.2) is 0 Å². The Bertz CT molecular complexity index is 669. The van der Waals surface area contributed by atoms with Crippen molar-refractivity contribution < 1.29 is 18.3 Å². The first-order chi connectivity index (χ1) is 8.87. The Morgan fingerprint density at radius 2 is 1.95 bits per heavy atom. The standard InChI is InChI=1S/C12H14N2O4S/c1-7-2-8-4-10(11(15)5-9(8)3-7)14-6-12(16)13-19(14,17)18/h4-5,7,15H,2-3,6H2,1H3,(H,13,16). The van der Waals surface area contributed by atoms with E-state index >= 15 is 0 Å². The summed E-state index contributed by atoms with van der Waals surface area (Å²) < 4.78 is 26.3. The van der Waals surface area contributed by atoms with Gasteiger partial charge in [-0.2, -0.15) is 8.42 Å². The Hall–Kier alpha value is -1.76. The maximum atomic E-state index is 11.8. The van der Waals surface area contributed by atoms with Crippen LogP contribution in [-0.4, -0.2) is 26.0 Å². The fourth-order valence-electron chi connectivity index (χ4n) is 2.73. The van der Waals surface area contributed by atoms with Gasteiger partial charge in [-0.15, -0.1) is 0 Å². The molecule has 1 atom stereocenters. The molecule has 0 spiro atoms. The van der Waals surface area contributed by atoms with Crippen LogP contribution < -0.4 is 9.03 Å². The maximum Gasteiger partial charge on any atom is 0.326 e. The van der Waals surface area contributed by atoms with Crippen LogP contribution in [0.2, 0.25) is 0 Å². The third kappa shape index (κ3) is 1.94. The van der Waals surface area contributed by atoms with Gasteiger partial charge in [0.05, 0.1) is 5.69 Å². The summed E-state index contributed by atoms with van der Waals surface area (Å²) in [6, 6.07) is 3.28. The molecule has 1 aromatic carbocycles. The van der Waals surface area contributed by atoms with Crippen molar-refractivity contribution >= 4 is 21.8 Å². The monoisotopic (exact) mass is 282 g/mol. The highest BCUT2D eigenvalue weighted by Gasteiger charge is 2.36. The number of aromatic hydroxyl groups is 1. The quantitative estimate of drug-likeness (QED) is 0.776. The lowest BCUT2D eigenvalue weighted by atomic mass is 10.1. The van der Waals surface area contributed by atoms with E-state index in [1.54, 1.807) is 12.1 Å². The Balaban J connectivity index is 2.08. The Kier molecular flexibility index (Phi) is 2.50. The first-order valence-corrected chi connectivity index (χ1v) is 7.49. The zero-order valence-electron chi connectivity index (χ0n) is 10.4. The first kappa shape index (κ1) is 12.3. The molecule has 1 aliphatic heterocycles. The fraction of sp³-hybridized carbons (Fsp3) is 0.417. The summed E-state index contributed by atoms with van der Waals surface area (Å²) in [5.41, 5.74) is 2.26. The van der Waals surface area contributed by atoms with E-state index in [9.17, 15) is 18.3 Å².